The molecule has 4 rings (SSSR count). The first-order chi connectivity index (χ1) is 12.8. The van der Waals surface area contributed by atoms with E-state index in [1.807, 2.05) is 29.1 Å². The molecule has 0 radical (unpaired) electrons. The van der Waals surface area contributed by atoms with Crippen LogP contribution < -0.4 is 5.32 Å². The molecule has 2 aromatic carbocycles. The Kier molecular flexibility index (Phi) is 4.55. The number of aromatic nitrogens is 5. The molecule has 0 saturated heterocycles. The number of nitrogens with zero attached hydrogens (tertiary/aromatic N) is 5. The van der Waals surface area contributed by atoms with E-state index in [-0.39, 0.29) is 6.04 Å². The van der Waals surface area contributed by atoms with E-state index in [0.29, 0.717) is 5.95 Å². The van der Waals surface area contributed by atoms with Crippen molar-refractivity contribution in [1.29, 1.82) is 0 Å². The van der Waals surface area contributed by atoms with Gasteiger partial charge in [-0.05, 0) is 36.2 Å². The third kappa shape index (κ3) is 3.69. The van der Waals surface area contributed by atoms with E-state index < -0.39 is 0 Å². The van der Waals surface area contributed by atoms with Gasteiger partial charge in [-0.2, -0.15) is 10.2 Å². The molecule has 1 N–H and O–H groups in total. The van der Waals surface area contributed by atoms with Crippen LogP contribution in [0.4, 0.5) is 5.95 Å². The monoisotopic (exact) mass is 344 g/mol. The lowest BCUT2D eigenvalue weighted by atomic mass is 10.1. The van der Waals surface area contributed by atoms with Gasteiger partial charge in [0, 0.05) is 30.5 Å². The summed E-state index contributed by atoms with van der Waals surface area (Å²) in [7, 11) is 0. The number of fused-ring (bicyclic) bond motifs is 1. The van der Waals surface area contributed by atoms with Crippen LogP contribution in [-0.2, 0) is 6.54 Å². The minimum atomic E-state index is 0.216. The van der Waals surface area contributed by atoms with E-state index in [2.05, 4.69) is 62.9 Å². The van der Waals surface area contributed by atoms with Crippen LogP contribution in [0.25, 0.3) is 22.0 Å². The molecular formula is C20H20N6. The second-order valence-electron chi connectivity index (χ2n) is 6.33. The highest BCUT2D eigenvalue weighted by molar-refractivity contribution is 5.86. The molecule has 0 fully saturated rings. The molecule has 0 saturated carbocycles. The number of nitrogens with one attached hydrogen (secondary N) is 1. The Labute approximate surface area is 151 Å². The van der Waals surface area contributed by atoms with Gasteiger partial charge in [-0.1, -0.05) is 36.4 Å². The molecule has 0 spiro atoms. The molecule has 1 unspecified atom stereocenters. The second-order valence-corrected chi connectivity index (χ2v) is 6.33. The standard InChI is InChI=1S/C20H20N6/c1-15(9-12-26-11-4-10-22-26)23-20-24-19(14-21-25-20)18-8-7-16-5-2-3-6-17(16)13-18/h2-8,10-11,13-15H,9,12H2,1H3,(H,23,24,25). The summed E-state index contributed by atoms with van der Waals surface area (Å²) in [6.07, 6.45) is 6.37. The van der Waals surface area contributed by atoms with Crippen LogP contribution >= 0.6 is 0 Å². The Morgan fingerprint density at radius 3 is 2.81 bits per heavy atom. The molecule has 130 valence electrons. The van der Waals surface area contributed by atoms with E-state index in [4.69, 9.17) is 0 Å². The molecule has 0 aliphatic rings. The SMILES string of the molecule is CC(CCn1cccn1)Nc1nncc(-c2ccc3ccccc3c2)n1. The van der Waals surface area contributed by atoms with Gasteiger partial charge in [-0.15, -0.1) is 5.10 Å². The van der Waals surface area contributed by atoms with Crippen molar-refractivity contribution in [3.8, 4) is 11.3 Å². The fourth-order valence-corrected chi connectivity index (χ4v) is 2.90. The van der Waals surface area contributed by atoms with Gasteiger partial charge in [0.25, 0.3) is 0 Å². The zero-order chi connectivity index (χ0) is 17.8. The molecule has 0 bridgehead atoms. The van der Waals surface area contributed by atoms with Crippen molar-refractivity contribution in [3.63, 3.8) is 0 Å². The summed E-state index contributed by atoms with van der Waals surface area (Å²) in [6, 6.07) is 16.7. The number of benzene rings is 2. The largest absolute Gasteiger partial charge is 0.350 e. The first-order valence-corrected chi connectivity index (χ1v) is 8.71. The average Bonchev–Trinajstić information content (AvgIpc) is 3.20. The Balaban J connectivity index is 1.48. The summed E-state index contributed by atoms with van der Waals surface area (Å²) in [5.41, 5.74) is 1.85. The number of anilines is 1. The molecular weight excluding hydrogens is 324 g/mol. The Morgan fingerprint density at radius 1 is 1.08 bits per heavy atom. The maximum Gasteiger partial charge on any atom is 0.243 e. The van der Waals surface area contributed by atoms with Gasteiger partial charge in [-0.3, -0.25) is 4.68 Å². The van der Waals surface area contributed by atoms with Gasteiger partial charge < -0.3 is 5.32 Å². The summed E-state index contributed by atoms with van der Waals surface area (Å²) < 4.78 is 1.92. The van der Waals surface area contributed by atoms with Crippen molar-refractivity contribution in [3.05, 3.63) is 67.1 Å². The molecule has 26 heavy (non-hydrogen) atoms. The lowest BCUT2D eigenvalue weighted by Crippen LogP contribution is -2.20. The number of hydrogen-bond acceptors (Lipinski definition) is 5. The fraction of sp³-hybridized carbons (Fsp3) is 0.200. The van der Waals surface area contributed by atoms with Crippen molar-refractivity contribution < 1.29 is 0 Å². The van der Waals surface area contributed by atoms with E-state index in [0.717, 1.165) is 24.2 Å². The zero-order valence-electron chi connectivity index (χ0n) is 14.6. The first-order valence-electron chi connectivity index (χ1n) is 8.71. The third-order valence-electron chi connectivity index (χ3n) is 4.33. The van der Waals surface area contributed by atoms with Crippen molar-refractivity contribution in [1.82, 2.24) is 25.0 Å². The number of rotatable bonds is 6. The second kappa shape index (κ2) is 7.31. The Bertz CT molecular complexity index is 996. The topological polar surface area (TPSA) is 68.5 Å². The summed E-state index contributed by atoms with van der Waals surface area (Å²) in [6.45, 7) is 2.95. The van der Waals surface area contributed by atoms with E-state index >= 15 is 0 Å². The van der Waals surface area contributed by atoms with Crippen molar-refractivity contribution >= 4 is 16.7 Å². The van der Waals surface area contributed by atoms with Crippen LogP contribution in [-0.4, -0.2) is 31.0 Å². The number of aryl methyl sites for hydroxylation is 1. The minimum absolute atomic E-state index is 0.216. The summed E-state index contributed by atoms with van der Waals surface area (Å²) in [4.78, 5) is 4.63. The van der Waals surface area contributed by atoms with Gasteiger partial charge in [0.05, 0.1) is 11.9 Å². The number of hydrogen-bond donors (Lipinski definition) is 1. The van der Waals surface area contributed by atoms with Gasteiger partial charge >= 0.3 is 0 Å². The van der Waals surface area contributed by atoms with Crippen molar-refractivity contribution in [2.45, 2.75) is 25.9 Å². The average molecular weight is 344 g/mol. The third-order valence-corrected chi connectivity index (χ3v) is 4.33. The van der Waals surface area contributed by atoms with Gasteiger partial charge in [0.15, 0.2) is 0 Å². The van der Waals surface area contributed by atoms with Crippen molar-refractivity contribution in [2.75, 3.05) is 5.32 Å². The molecule has 4 aromatic rings. The Hall–Kier alpha value is -3.28. The van der Waals surface area contributed by atoms with Crippen LogP contribution in [0, 0.1) is 0 Å². The molecule has 0 amide bonds. The maximum atomic E-state index is 4.63. The quantitative estimate of drug-likeness (QED) is 0.576. The summed E-state index contributed by atoms with van der Waals surface area (Å²) >= 11 is 0. The van der Waals surface area contributed by atoms with Crippen LogP contribution in [0.15, 0.2) is 67.1 Å². The predicted molar refractivity (Wildman–Crippen MR) is 103 cm³/mol. The van der Waals surface area contributed by atoms with Crippen molar-refractivity contribution in [2.24, 2.45) is 0 Å². The van der Waals surface area contributed by atoms with Gasteiger partial charge in [0.1, 0.15) is 0 Å². The van der Waals surface area contributed by atoms with Gasteiger partial charge in [0.2, 0.25) is 5.95 Å². The first kappa shape index (κ1) is 16.2. The highest BCUT2D eigenvalue weighted by Gasteiger charge is 2.08. The predicted octanol–water partition coefficient (Wildman–Crippen LogP) is 3.78. The van der Waals surface area contributed by atoms with Gasteiger partial charge in [-0.25, -0.2) is 4.98 Å². The van der Waals surface area contributed by atoms with E-state index in [9.17, 15) is 0 Å². The molecule has 0 aliphatic heterocycles. The van der Waals surface area contributed by atoms with E-state index in [1.165, 1.54) is 10.8 Å². The molecule has 0 aliphatic carbocycles. The highest BCUT2D eigenvalue weighted by Crippen LogP contribution is 2.23. The molecule has 6 nitrogen and oxygen atoms in total. The summed E-state index contributed by atoms with van der Waals surface area (Å²) in [5, 5.41) is 18.2. The summed E-state index contributed by atoms with van der Waals surface area (Å²) in [5.74, 6) is 0.545. The highest BCUT2D eigenvalue weighted by atomic mass is 15.3. The minimum Gasteiger partial charge on any atom is -0.350 e. The fourth-order valence-electron chi connectivity index (χ4n) is 2.90. The zero-order valence-corrected chi connectivity index (χ0v) is 14.6. The van der Waals surface area contributed by atoms with Crippen LogP contribution in [0.1, 0.15) is 13.3 Å². The lowest BCUT2D eigenvalue weighted by Gasteiger charge is -2.13. The smallest absolute Gasteiger partial charge is 0.243 e. The Morgan fingerprint density at radius 2 is 1.96 bits per heavy atom. The van der Waals surface area contributed by atoms with E-state index in [1.54, 1.807) is 12.4 Å². The van der Waals surface area contributed by atoms with Crippen LogP contribution in [0.3, 0.4) is 0 Å². The lowest BCUT2D eigenvalue weighted by molar-refractivity contribution is 0.543. The van der Waals surface area contributed by atoms with Crippen LogP contribution in [0.5, 0.6) is 0 Å². The molecule has 6 heteroatoms. The van der Waals surface area contributed by atoms with Crippen LogP contribution in [0.2, 0.25) is 0 Å². The maximum absolute atomic E-state index is 4.63. The normalized spacial score (nSPS) is 12.2. The molecule has 2 aromatic heterocycles. The molecule has 1 atom stereocenters. The molecule has 2 heterocycles.